The minimum atomic E-state index is -1.08. The molecule has 0 spiro atoms. The number of amidine groups is 1. The average Bonchev–Trinajstić information content (AvgIpc) is 2.69. The van der Waals surface area contributed by atoms with E-state index in [9.17, 15) is 9.18 Å². The maximum absolute atomic E-state index is 14.8. The molecule has 0 saturated heterocycles. The summed E-state index contributed by atoms with van der Waals surface area (Å²) in [6.45, 7) is 1.77. The summed E-state index contributed by atoms with van der Waals surface area (Å²) in [5, 5.41) is 3.69. The number of halogens is 1. The number of nitrogens with zero attached hydrogens (tertiary/aromatic N) is 3. The van der Waals surface area contributed by atoms with Gasteiger partial charge in [-0.15, -0.1) is 0 Å². The molecule has 0 saturated carbocycles. The van der Waals surface area contributed by atoms with Crippen LogP contribution in [0.5, 0.6) is 0 Å². The van der Waals surface area contributed by atoms with E-state index >= 15 is 0 Å². The van der Waals surface area contributed by atoms with Gasteiger partial charge in [-0.3, -0.25) is 4.79 Å². The Morgan fingerprint density at radius 2 is 1.97 bits per heavy atom. The molecule has 3 heterocycles. The predicted molar refractivity (Wildman–Crippen MR) is 111 cm³/mol. The molecular weight excluding hydrogens is 391 g/mol. The van der Waals surface area contributed by atoms with Crippen LogP contribution in [-0.4, -0.2) is 21.0 Å². The zero-order valence-electron chi connectivity index (χ0n) is 15.4. The summed E-state index contributed by atoms with van der Waals surface area (Å²) in [6.07, 6.45) is 3.05. The minimum Gasteiger partial charge on any atom is -0.397 e. The molecule has 2 aromatic heterocycles. The Bertz CT molecular complexity index is 1130. The third kappa shape index (κ3) is 3.52. The van der Waals surface area contributed by atoms with Gasteiger partial charge in [-0.05, 0) is 55.1 Å². The van der Waals surface area contributed by atoms with Crippen molar-refractivity contribution in [1.82, 2.24) is 9.97 Å². The monoisotopic (exact) mass is 408 g/mol. The number of hydrogen-bond donors (Lipinski definition) is 3. The van der Waals surface area contributed by atoms with Gasteiger partial charge in [-0.2, -0.15) is 0 Å². The lowest BCUT2D eigenvalue weighted by atomic mass is 9.85. The van der Waals surface area contributed by atoms with E-state index in [1.165, 1.54) is 36.2 Å². The molecule has 0 bridgehead atoms. The van der Waals surface area contributed by atoms with Crippen LogP contribution in [0, 0.1) is 5.82 Å². The van der Waals surface area contributed by atoms with Crippen LogP contribution < -0.4 is 16.8 Å². The van der Waals surface area contributed by atoms with Crippen molar-refractivity contribution in [2.24, 2.45) is 10.7 Å². The number of thioether (sulfide) groups is 1. The molecule has 146 valence electrons. The number of benzene rings is 1. The number of hydrogen-bond acceptors (Lipinski definition) is 7. The van der Waals surface area contributed by atoms with E-state index in [4.69, 9.17) is 11.5 Å². The fourth-order valence-electron chi connectivity index (χ4n) is 3.16. The number of pyridine rings is 2. The summed E-state index contributed by atoms with van der Waals surface area (Å²) in [7, 11) is 0. The van der Waals surface area contributed by atoms with Crippen LogP contribution in [0.3, 0.4) is 0 Å². The van der Waals surface area contributed by atoms with Crippen LogP contribution >= 0.6 is 11.8 Å². The number of fused-ring (bicyclic) bond motifs is 1. The molecule has 1 aliphatic rings. The van der Waals surface area contributed by atoms with E-state index < -0.39 is 17.3 Å². The van der Waals surface area contributed by atoms with Crippen LogP contribution in [0.15, 0.2) is 64.9 Å². The van der Waals surface area contributed by atoms with Gasteiger partial charge in [-0.25, -0.2) is 19.4 Å². The highest BCUT2D eigenvalue weighted by molar-refractivity contribution is 8.13. The Kier molecular flexibility index (Phi) is 4.67. The lowest BCUT2D eigenvalue weighted by Gasteiger charge is -2.32. The van der Waals surface area contributed by atoms with Crippen molar-refractivity contribution in [3.8, 4) is 0 Å². The molecule has 7 nitrogen and oxygen atoms in total. The molecule has 0 radical (unpaired) electrons. The zero-order chi connectivity index (χ0) is 20.6. The molecule has 5 N–H and O–H groups in total. The highest BCUT2D eigenvalue weighted by Gasteiger charge is 2.37. The number of aromatic nitrogens is 2. The highest BCUT2D eigenvalue weighted by atomic mass is 32.2. The lowest BCUT2D eigenvalue weighted by Crippen LogP contribution is -2.30. The number of carbonyl (C=O) groups excluding carboxylic acids is 1. The normalized spacial score (nSPS) is 17.9. The van der Waals surface area contributed by atoms with Crippen LogP contribution in [-0.2, 0) is 5.54 Å². The second kappa shape index (κ2) is 7.17. The number of nitrogen functional groups attached to an aromatic ring is 1. The third-order valence-corrected chi connectivity index (χ3v) is 5.42. The average molecular weight is 408 g/mol. The number of nitrogens with two attached hydrogens (primary N) is 2. The lowest BCUT2D eigenvalue weighted by molar-refractivity contribution is 0.102. The smallest absolute Gasteiger partial charge is 0.274 e. The molecule has 3 aromatic rings. The summed E-state index contributed by atoms with van der Waals surface area (Å²) in [6, 6.07) is 11.0. The van der Waals surface area contributed by atoms with Crippen LogP contribution in [0.25, 0.3) is 0 Å². The Hall–Kier alpha value is -3.46. The first-order chi connectivity index (χ1) is 13.9. The molecular formula is C20H17FN6OS. The van der Waals surface area contributed by atoms with E-state index in [0.29, 0.717) is 21.6 Å². The van der Waals surface area contributed by atoms with Gasteiger partial charge in [0.15, 0.2) is 5.17 Å². The Morgan fingerprint density at radius 3 is 2.72 bits per heavy atom. The highest BCUT2D eigenvalue weighted by Crippen LogP contribution is 2.43. The minimum absolute atomic E-state index is 0.196. The Morgan fingerprint density at radius 1 is 1.14 bits per heavy atom. The van der Waals surface area contributed by atoms with Crippen molar-refractivity contribution in [3.05, 3.63) is 77.5 Å². The fraction of sp³-hybridized carbons (Fsp3) is 0.100. The first kappa shape index (κ1) is 18.9. The van der Waals surface area contributed by atoms with Crippen LogP contribution in [0.1, 0.15) is 28.5 Å². The number of aliphatic imine (C=N–C) groups is 1. The predicted octanol–water partition coefficient (Wildman–Crippen LogP) is 3.13. The maximum Gasteiger partial charge on any atom is 0.274 e. The number of carbonyl (C=O) groups is 1. The van der Waals surface area contributed by atoms with Crippen molar-refractivity contribution in [2.45, 2.75) is 17.5 Å². The molecule has 0 aliphatic carbocycles. The van der Waals surface area contributed by atoms with Gasteiger partial charge in [0.1, 0.15) is 22.1 Å². The topological polar surface area (TPSA) is 119 Å². The van der Waals surface area contributed by atoms with Crippen molar-refractivity contribution < 1.29 is 9.18 Å². The first-order valence-electron chi connectivity index (χ1n) is 8.68. The SMILES string of the molecule is C[C@]1(c2cc(NC(=O)c3ccc(N)cn3)ccc2F)N=C(N)Sc2ncccc21. The summed E-state index contributed by atoms with van der Waals surface area (Å²) >= 11 is 1.23. The second-order valence-corrected chi connectivity index (χ2v) is 7.62. The van der Waals surface area contributed by atoms with Gasteiger partial charge in [-0.1, -0.05) is 6.07 Å². The molecule has 1 atom stereocenters. The van der Waals surface area contributed by atoms with E-state index in [2.05, 4.69) is 20.3 Å². The second-order valence-electron chi connectivity index (χ2n) is 6.61. The van der Waals surface area contributed by atoms with Crippen molar-refractivity contribution in [2.75, 3.05) is 11.1 Å². The van der Waals surface area contributed by atoms with Gasteiger partial charge in [0, 0.05) is 23.0 Å². The van der Waals surface area contributed by atoms with E-state index in [1.54, 1.807) is 31.3 Å². The van der Waals surface area contributed by atoms with Crippen molar-refractivity contribution in [1.29, 1.82) is 0 Å². The zero-order valence-corrected chi connectivity index (χ0v) is 16.2. The summed E-state index contributed by atoms with van der Waals surface area (Å²) < 4.78 is 14.8. The molecule has 1 aliphatic heterocycles. The summed E-state index contributed by atoms with van der Waals surface area (Å²) in [4.78, 5) is 25.3. The third-order valence-electron chi connectivity index (χ3n) is 4.60. The molecule has 0 fully saturated rings. The maximum atomic E-state index is 14.8. The molecule has 29 heavy (non-hydrogen) atoms. The fourth-order valence-corrected chi connectivity index (χ4v) is 4.08. The van der Waals surface area contributed by atoms with Gasteiger partial charge in [0.25, 0.3) is 5.91 Å². The number of amides is 1. The van der Waals surface area contributed by atoms with Crippen LogP contribution in [0.4, 0.5) is 15.8 Å². The van der Waals surface area contributed by atoms with Gasteiger partial charge >= 0.3 is 0 Å². The number of anilines is 2. The number of nitrogens with one attached hydrogen (secondary N) is 1. The van der Waals surface area contributed by atoms with E-state index in [-0.39, 0.29) is 11.3 Å². The van der Waals surface area contributed by atoms with Gasteiger partial charge in [0.05, 0.1) is 11.9 Å². The van der Waals surface area contributed by atoms with Crippen molar-refractivity contribution >= 4 is 34.2 Å². The standard InChI is InChI=1S/C20H17FN6OS/c1-20(13-3-2-8-24-18(13)29-19(23)27-20)14-9-12(5-6-15(14)21)26-17(28)16-7-4-11(22)10-25-16/h2-10H,22H2,1H3,(H2,23,27)(H,26,28)/t20-/m0/s1. The first-order valence-corrected chi connectivity index (χ1v) is 9.50. The van der Waals surface area contributed by atoms with Gasteiger partial charge in [0.2, 0.25) is 0 Å². The summed E-state index contributed by atoms with van der Waals surface area (Å²) in [5.41, 5.74) is 12.6. The van der Waals surface area contributed by atoms with Crippen molar-refractivity contribution in [3.63, 3.8) is 0 Å². The van der Waals surface area contributed by atoms with Gasteiger partial charge < -0.3 is 16.8 Å². The number of rotatable bonds is 3. The van der Waals surface area contributed by atoms with Crippen LogP contribution in [0.2, 0.25) is 0 Å². The molecule has 1 amide bonds. The molecule has 0 unspecified atom stereocenters. The quantitative estimate of drug-likeness (QED) is 0.613. The Balaban J connectivity index is 1.73. The molecule has 4 rings (SSSR count). The largest absolute Gasteiger partial charge is 0.397 e. The molecule has 9 heteroatoms. The van der Waals surface area contributed by atoms with E-state index in [0.717, 1.165) is 5.56 Å². The molecule has 1 aromatic carbocycles. The van der Waals surface area contributed by atoms with E-state index in [1.807, 2.05) is 6.07 Å². The Labute approximate surface area is 170 Å². The summed E-state index contributed by atoms with van der Waals surface area (Å²) in [5.74, 6) is -0.897.